The third kappa shape index (κ3) is 3.47. The largest absolute Gasteiger partial charge is 0.378 e. The fraction of sp³-hybridized carbons (Fsp3) is 0.529. The molecule has 0 saturated carbocycles. The van der Waals surface area contributed by atoms with Crippen molar-refractivity contribution in [1.82, 2.24) is 14.7 Å². The minimum Gasteiger partial charge on any atom is -0.378 e. The number of ether oxygens (including phenoxy) is 1. The molecule has 3 heterocycles. The first-order chi connectivity index (χ1) is 11.0. The highest BCUT2D eigenvalue weighted by atomic mass is 16.5. The van der Waals surface area contributed by atoms with Crippen LogP contribution < -0.4 is 10.2 Å². The highest BCUT2D eigenvalue weighted by Gasteiger charge is 2.23. The fourth-order valence-electron chi connectivity index (χ4n) is 2.60. The molecule has 0 radical (unpaired) electrons. The Morgan fingerprint density at radius 1 is 1.30 bits per heavy atom. The van der Waals surface area contributed by atoms with Gasteiger partial charge in [0.25, 0.3) is 5.91 Å². The monoisotopic (exact) mass is 316 g/mol. The number of imidazole rings is 1. The molecule has 1 N–H and O–H groups in total. The van der Waals surface area contributed by atoms with Crippen molar-refractivity contribution in [3.05, 3.63) is 30.1 Å². The summed E-state index contributed by atoms with van der Waals surface area (Å²) in [6.45, 7) is 9.85. The zero-order valence-electron chi connectivity index (χ0n) is 14.0. The smallest absolute Gasteiger partial charge is 0.272 e. The van der Waals surface area contributed by atoms with Gasteiger partial charge in [0.2, 0.25) is 5.95 Å². The first-order valence-corrected chi connectivity index (χ1v) is 8.04. The normalized spacial score (nSPS) is 15.9. The topological polar surface area (TPSA) is 58.9 Å². The number of carbonyl (C=O) groups excluding carboxylic acids is 1. The van der Waals surface area contributed by atoms with Gasteiger partial charge in [-0.3, -0.25) is 9.20 Å². The van der Waals surface area contributed by atoms with Gasteiger partial charge in [0.1, 0.15) is 0 Å². The molecule has 0 aliphatic carbocycles. The molecular formula is C17H24N4O2. The van der Waals surface area contributed by atoms with Gasteiger partial charge in [0, 0.05) is 25.8 Å². The molecule has 0 spiro atoms. The van der Waals surface area contributed by atoms with Crippen LogP contribution in [-0.2, 0) is 4.74 Å². The number of morpholine rings is 1. The van der Waals surface area contributed by atoms with E-state index in [4.69, 9.17) is 4.74 Å². The molecule has 0 atom stereocenters. The van der Waals surface area contributed by atoms with Crippen LogP contribution in [0.15, 0.2) is 24.4 Å². The number of nitrogens with one attached hydrogen (secondary N) is 1. The summed E-state index contributed by atoms with van der Waals surface area (Å²) in [5.74, 6) is 0.688. The molecular weight excluding hydrogens is 292 g/mol. The number of carbonyl (C=O) groups is 1. The Morgan fingerprint density at radius 2 is 2.04 bits per heavy atom. The van der Waals surface area contributed by atoms with Gasteiger partial charge in [-0.1, -0.05) is 26.8 Å². The standard InChI is InChI=1S/C17H24N4O2/c1-17(2,3)12-18-15(22)14-13-6-4-5-7-21(13)16(19-14)20-8-10-23-11-9-20/h4-7H,8-12H2,1-3H3,(H,18,22). The highest BCUT2D eigenvalue weighted by molar-refractivity contribution is 5.99. The zero-order valence-corrected chi connectivity index (χ0v) is 14.0. The van der Waals surface area contributed by atoms with Crippen LogP contribution in [0.25, 0.3) is 5.52 Å². The molecule has 0 bridgehead atoms. The van der Waals surface area contributed by atoms with E-state index in [1.807, 2.05) is 28.8 Å². The van der Waals surface area contributed by atoms with Gasteiger partial charge < -0.3 is 15.0 Å². The van der Waals surface area contributed by atoms with Crippen molar-refractivity contribution in [3.8, 4) is 0 Å². The summed E-state index contributed by atoms with van der Waals surface area (Å²) in [5.41, 5.74) is 1.36. The number of nitrogens with zero attached hydrogens (tertiary/aromatic N) is 3. The van der Waals surface area contributed by atoms with Crippen molar-refractivity contribution >= 4 is 17.4 Å². The number of hydrogen-bond donors (Lipinski definition) is 1. The van der Waals surface area contributed by atoms with Crippen LogP contribution in [0.5, 0.6) is 0 Å². The van der Waals surface area contributed by atoms with Crippen molar-refractivity contribution < 1.29 is 9.53 Å². The fourth-order valence-corrected chi connectivity index (χ4v) is 2.60. The number of pyridine rings is 1. The number of rotatable bonds is 3. The van der Waals surface area contributed by atoms with Gasteiger partial charge in [-0.05, 0) is 17.5 Å². The van der Waals surface area contributed by atoms with E-state index in [1.54, 1.807) is 0 Å². The van der Waals surface area contributed by atoms with Crippen molar-refractivity contribution in [1.29, 1.82) is 0 Å². The van der Waals surface area contributed by atoms with Gasteiger partial charge in [0.05, 0.1) is 18.7 Å². The lowest BCUT2D eigenvalue weighted by Crippen LogP contribution is -2.37. The first-order valence-electron chi connectivity index (χ1n) is 8.04. The average Bonchev–Trinajstić information content (AvgIpc) is 2.92. The lowest BCUT2D eigenvalue weighted by Gasteiger charge is -2.27. The highest BCUT2D eigenvalue weighted by Crippen LogP contribution is 2.21. The Morgan fingerprint density at radius 3 is 2.74 bits per heavy atom. The Hall–Kier alpha value is -2.08. The maximum atomic E-state index is 12.6. The van der Waals surface area contributed by atoms with Crippen LogP contribution in [0.4, 0.5) is 5.95 Å². The molecule has 1 saturated heterocycles. The van der Waals surface area contributed by atoms with Gasteiger partial charge in [-0.2, -0.15) is 0 Å². The third-order valence-corrected chi connectivity index (χ3v) is 3.82. The van der Waals surface area contributed by atoms with E-state index in [0.29, 0.717) is 25.5 Å². The molecule has 0 unspecified atom stereocenters. The van der Waals surface area contributed by atoms with E-state index in [1.165, 1.54) is 0 Å². The minimum atomic E-state index is -0.122. The molecule has 1 amide bonds. The van der Waals surface area contributed by atoms with Crippen LogP contribution in [0.2, 0.25) is 0 Å². The van der Waals surface area contributed by atoms with E-state index in [0.717, 1.165) is 24.6 Å². The molecule has 2 aromatic heterocycles. The van der Waals surface area contributed by atoms with E-state index in [-0.39, 0.29) is 11.3 Å². The predicted molar refractivity (Wildman–Crippen MR) is 90.0 cm³/mol. The van der Waals surface area contributed by atoms with Gasteiger partial charge in [0.15, 0.2) is 5.69 Å². The molecule has 1 aliphatic rings. The third-order valence-electron chi connectivity index (χ3n) is 3.82. The summed E-state index contributed by atoms with van der Waals surface area (Å²) in [4.78, 5) is 19.4. The summed E-state index contributed by atoms with van der Waals surface area (Å²) < 4.78 is 7.39. The second-order valence-electron chi connectivity index (χ2n) is 7.06. The maximum absolute atomic E-state index is 12.6. The van der Waals surface area contributed by atoms with Crippen LogP contribution in [-0.4, -0.2) is 48.1 Å². The van der Waals surface area contributed by atoms with E-state index < -0.39 is 0 Å². The number of amides is 1. The summed E-state index contributed by atoms with van der Waals surface area (Å²) in [7, 11) is 0. The summed E-state index contributed by atoms with van der Waals surface area (Å²) in [6, 6.07) is 5.82. The average molecular weight is 316 g/mol. The molecule has 6 heteroatoms. The molecule has 1 aliphatic heterocycles. The van der Waals surface area contributed by atoms with Gasteiger partial charge in [-0.25, -0.2) is 4.98 Å². The van der Waals surface area contributed by atoms with Crippen LogP contribution >= 0.6 is 0 Å². The molecule has 1 fully saturated rings. The molecule has 0 aromatic carbocycles. The number of aromatic nitrogens is 2. The quantitative estimate of drug-likeness (QED) is 0.940. The first kappa shape index (κ1) is 15.8. The Balaban J connectivity index is 1.92. The SMILES string of the molecule is CC(C)(C)CNC(=O)c1nc(N2CCOCC2)n2ccccc12. The second-order valence-corrected chi connectivity index (χ2v) is 7.06. The number of anilines is 1. The minimum absolute atomic E-state index is 0.0399. The van der Waals surface area contributed by atoms with Crippen LogP contribution in [0.3, 0.4) is 0 Å². The summed E-state index contributed by atoms with van der Waals surface area (Å²) >= 11 is 0. The molecule has 6 nitrogen and oxygen atoms in total. The molecule has 23 heavy (non-hydrogen) atoms. The van der Waals surface area contributed by atoms with Crippen molar-refractivity contribution in [3.63, 3.8) is 0 Å². The Bertz CT molecular complexity index is 696. The van der Waals surface area contributed by atoms with Crippen LogP contribution in [0.1, 0.15) is 31.3 Å². The predicted octanol–water partition coefficient (Wildman–Crippen LogP) is 1.95. The molecule has 3 rings (SSSR count). The lowest BCUT2D eigenvalue weighted by molar-refractivity contribution is 0.0936. The Kier molecular flexibility index (Phi) is 4.26. The lowest BCUT2D eigenvalue weighted by atomic mass is 9.97. The number of fused-ring (bicyclic) bond motifs is 1. The van der Waals surface area contributed by atoms with Gasteiger partial charge >= 0.3 is 0 Å². The van der Waals surface area contributed by atoms with E-state index >= 15 is 0 Å². The maximum Gasteiger partial charge on any atom is 0.272 e. The zero-order chi connectivity index (χ0) is 16.4. The van der Waals surface area contributed by atoms with E-state index in [9.17, 15) is 4.79 Å². The summed E-state index contributed by atoms with van der Waals surface area (Å²) in [6.07, 6.45) is 1.95. The van der Waals surface area contributed by atoms with Crippen molar-refractivity contribution in [2.24, 2.45) is 5.41 Å². The number of hydrogen-bond acceptors (Lipinski definition) is 4. The van der Waals surface area contributed by atoms with E-state index in [2.05, 4.69) is 36.0 Å². The summed E-state index contributed by atoms with van der Waals surface area (Å²) in [5, 5.41) is 2.99. The molecule has 2 aromatic rings. The van der Waals surface area contributed by atoms with Crippen molar-refractivity contribution in [2.75, 3.05) is 37.7 Å². The van der Waals surface area contributed by atoms with Crippen molar-refractivity contribution in [2.45, 2.75) is 20.8 Å². The molecule has 124 valence electrons. The second kappa shape index (κ2) is 6.20. The van der Waals surface area contributed by atoms with Gasteiger partial charge in [-0.15, -0.1) is 0 Å². The van der Waals surface area contributed by atoms with Crippen LogP contribution in [0, 0.1) is 5.41 Å². The Labute approximate surface area is 136 Å².